The minimum Gasteiger partial charge on any atom is -0.454 e. The molecule has 0 saturated heterocycles. The number of hydrogen-bond donors (Lipinski definition) is 1. The highest BCUT2D eigenvalue weighted by molar-refractivity contribution is 5.57. The summed E-state index contributed by atoms with van der Waals surface area (Å²) in [5, 5.41) is 16.0. The van der Waals surface area contributed by atoms with E-state index >= 15 is 0 Å². The van der Waals surface area contributed by atoms with Crippen LogP contribution in [0.25, 0.3) is 5.65 Å². The molecule has 27 heavy (non-hydrogen) atoms. The summed E-state index contributed by atoms with van der Waals surface area (Å²) >= 11 is 0. The number of benzene rings is 2. The molecule has 7 nitrogen and oxygen atoms in total. The van der Waals surface area contributed by atoms with Crippen molar-refractivity contribution >= 4 is 17.2 Å². The van der Waals surface area contributed by atoms with E-state index in [1.54, 1.807) is 22.7 Å². The lowest BCUT2D eigenvalue weighted by Gasteiger charge is -2.07. The van der Waals surface area contributed by atoms with Crippen molar-refractivity contribution in [1.82, 2.24) is 19.8 Å². The Bertz CT molecular complexity index is 1140. The number of nitrogens with one attached hydrogen (secondary N) is 1. The zero-order valence-electron chi connectivity index (χ0n) is 14.1. The number of anilines is 2. The Morgan fingerprint density at radius 1 is 1.00 bits per heavy atom. The molecule has 8 heteroatoms. The van der Waals surface area contributed by atoms with Crippen LogP contribution < -0.4 is 14.8 Å². The summed E-state index contributed by atoms with van der Waals surface area (Å²) in [5.41, 5.74) is 2.27. The van der Waals surface area contributed by atoms with Crippen molar-refractivity contribution in [3.05, 3.63) is 71.8 Å². The molecule has 0 saturated carbocycles. The Hall–Kier alpha value is -3.68. The maximum atomic E-state index is 13.4. The van der Waals surface area contributed by atoms with E-state index in [-0.39, 0.29) is 12.6 Å². The average Bonchev–Trinajstić information content (AvgIpc) is 3.28. The lowest BCUT2D eigenvalue weighted by atomic mass is 10.1. The third-order valence-corrected chi connectivity index (χ3v) is 4.22. The van der Waals surface area contributed by atoms with Crippen molar-refractivity contribution in [3.63, 3.8) is 0 Å². The number of aromatic nitrogens is 4. The molecule has 0 fully saturated rings. The number of ether oxygens (including phenoxy) is 2. The van der Waals surface area contributed by atoms with E-state index in [1.807, 2.05) is 24.3 Å². The van der Waals surface area contributed by atoms with Gasteiger partial charge in [0.15, 0.2) is 28.8 Å². The number of halogens is 1. The van der Waals surface area contributed by atoms with Crippen molar-refractivity contribution in [2.24, 2.45) is 0 Å². The Morgan fingerprint density at radius 3 is 2.85 bits per heavy atom. The second-order valence-electron chi connectivity index (χ2n) is 6.10. The topological polar surface area (TPSA) is 73.6 Å². The number of hydrogen-bond acceptors (Lipinski definition) is 6. The van der Waals surface area contributed by atoms with Gasteiger partial charge < -0.3 is 14.8 Å². The number of fused-ring (bicyclic) bond motifs is 2. The number of rotatable bonds is 4. The zero-order chi connectivity index (χ0) is 18.2. The summed E-state index contributed by atoms with van der Waals surface area (Å²) in [6.07, 6.45) is 0.536. The smallest absolute Gasteiger partial charge is 0.231 e. The van der Waals surface area contributed by atoms with Crippen molar-refractivity contribution in [3.8, 4) is 11.5 Å². The fourth-order valence-electron chi connectivity index (χ4n) is 2.96. The summed E-state index contributed by atoms with van der Waals surface area (Å²) < 4.78 is 25.8. The predicted octanol–water partition coefficient (Wildman–Crippen LogP) is 3.33. The summed E-state index contributed by atoms with van der Waals surface area (Å²) in [6.45, 7) is 0.239. The van der Waals surface area contributed by atoms with Crippen molar-refractivity contribution in [1.29, 1.82) is 0 Å². The minimum atomic E-state index is -0.311. The number of nitrogens with zero attached hydrogens (tertiary/aromatic N) is 4. The van der Waals surface area contributed by atoms with Gasteiger partial charge in [-0.25, -0.2) is 4.39 Å². The second kappa shape index (κ2) is 6.24. The van der Waals surface area contributed by atoms with E-state index < -0.39 is 0 Å². The van der Waals surface area contributed by atoms with Crippen LogP contribution in [-0.2, 0) is 6.42 Å². The Morgan fingerprint density at radius 2 is 1.93 bits per heavy atom. The van der Waals surface area contributed by atoms with E-state index in [1.165, 1.54) is 12.1 Å². The normalized spacial score (nSPS) is 12.5. The minimum absolute atomic E-state index is 0.239. The van der Waals surface area contributed by atoms with Gasteiger partial charge in [0.2, 0.25) is 6.79 Å². The molecule has 0 amide bonds. The average molecular weight is 363 g/mol. The molecule has 0 aliphatic carbocycles. The lowest BCUT2D eigenvalue weighted by Crippen LogP contribution is -2.03. The van der Waals surface area contributed by atoms with Crippen LogP contribution in [0, 0.1) is 5.82 Å². The molecule has 0 unspecified atom stereocenters. The highest BCUT2D eigenvalue weighted by atomic mass is 19.1. The van der Waals surface area contributed by atoms with E-state index in [0.29, 0.717) is 29.4 Å². The SMILES string of the molecule is Fc1cccc(Nc2ccc3nnc(Cc4ccc5c(c4)OCO5)n3n2)c1. The molecular weight excluding hydrogens is 349 g/mol. The fraction of sp³-hybridized carbons (Fsp3) is 0.105. The Balaban J connectivity index is 1.44. The van der Waals surface area contributed by atoms with Crippen LogP contribution in [-0.4, -0.2) is 26.6 Å². The summed E-state index contributed by atoms with van der Waals surface area (Å²) in [4.78, 5) is 0. The van der Waals surface area contributed by atoms with E-state index in [9.17, 15) is 4.39 Å². The molecule has 134 valence electrons. The van der Waals surface area contributed by atoms with Crippen molar-refractivity contribution in [2.75, 3.05) is 12.1 Å². The van der Waals surface area contributed by atoms with Gasteiger partial charge in [-0.1, -0.05) is 12.1 Å². The van der Waals surface area contributed by atoms with E-state index in [0.717, 1.165) is 17.1 Å². The highest BCUT2D eigenvalue weighted by Gasteiger charge is 2.15. The van der Waals surface area contributed by atoms with Crippen molar-refractivity contribution in [2.45, 2.75) is 6.42 Å². The quantitative estimate of drug-likeness (QED) is 0.600. The van der Waals surface area contributed by atoms with Gasteiger partial charge >= 0.3 is 0 Å². The molecule has 3 heterocycles. The third-order valence-electron chi connectivity index (χ3n) is 4.22. The van der Waals surface area contributed by atoms with E-state index in [4.69, 9.17) is 9.47 Å². The highest BCUT2D eigenvalue weighted by Crippen LogP contribution is 2.33. The first-order valence-corrected chi connectivity index (χ1v) is 8.37. The molecule has 2 aromatic carbocycles. The summed E-state index contributed by atoms with van der Waals surface area (Å²) in [7, 11) is 0. The lowest BCUT2D eigenvalue weighted by molar-refractivity contribution is 0.174. The first-order valence-electron chi connectivity index (χ1n) is 8.37. The van der Waals surface area contributed by atoms with Crippen LogP contribution in [0.3, 0.4) is 0 Å². The monoisotopic (exact) mass is 363 g/mol. The van der Waals surface area contributed by atoms with Gasteiger partial charge in [0.25, 0.3) is 0 Å². The maximum Gasteiger partial charge on any atom is 0.231 e. The predicted molar refractivity (Wildman–Crippen MR) is 95.8 cm³/mol. The molecule has 0 atom stereocenters. The summed E-state index contributed by atoms with van der Waals surface area (Å²) in [6, 6.07) is 15.6. The molecule has 0 bridgehead atoms. The maximum absolute atomic E-state index is 13.4. The molecule has 1 N–H and O–H groups in total. The van der Waals surface area contributed by atoms with Crippen LogP contribution in [0.15, 0.2) is 54.6 Å². The van der Waals surface area contributed by atoms with Gasteiger partial charge in [0.05, 0.1) is 0 Å². The molecule has 1 aliphatic heterocycles. The van der Waals surface area contributed by atoms with E-state index in [2.05, 4.69) is 20.6 Å². The third kappa shape index (κ3) is 3.01. The van der Waals surface area contributed by atoms with Gasteiger partial charge in [-0.05, 0) is 48.0 Å². The van der Waals surface area contributed by atoms with Gasteiger partial charge in [0.1, 0.15) is 5.82 Å². The fourth-order valence-corrected chi connectivity index (χ4v) is 2.96. The zero-order valence-corrected chi connectivity index (χ0v) is 14.1. The Kier molecular flexibility index (Phi) is 3.60. The van der Waals surface area contributed by atoms with Crippen LogP contribution in [0.5, 0.6) is 11.5 Å². The molecule has 5 rings (SSSR count). The van der Waals surface area contributed by atoms with Gasteiger partial charge in [-0.3, -0.25) is 0 Å². The molecule has 0 spiro atoms. The van der Waals surface area contributed by atoms with Gasteiger partial charge in [-0.2, -0.15) is 4.52 Å². The second-order valence-corrected chi connectivity index (χ2v) is 6.10. The molecular formula is C19H14FN5O2. The first kappa shape index (κ1) is 15.6. The molecule has 4 aromatic rings. The molecule has 0 radical (unpaired) electrons. The Labute approximate surface area is 153 Å². The van der Waals surface area contributed by atoms with Crippen LogP contribution in [0.1, 0.15) is 11.4 Å². The van der Waals surface area contributed by atoms with Gasteiger partial charge in [0, 0.05) is 12.1 Å². The van der Waals surface area contributed by atoms with Crippen LogP contribution in [0.2, 0.25) is 0 Å². The molecule has 2 aromatic heterocycles. The van der Waals surface area contributed by atoms with Gasteiger partial charge in [-0.15, -0.1) is 15.3 Å². The standard InChI is InChI=1S/C19H14FN5O2/c20-13-2-1-3-14(10-13)21-17-6-7-18-22-23-19(25(18)24-17)9-12-4-5-15-16(8-12)27-11-26-15/h1-8,10H,9,11H2,(H,21,24). The summed E-state index contributed by atoms with van der Waals surface area (Å²) in [5.74, 6) is 2.41. The van der Waals surface area contributed by atoms with Crippen molar-refractivity contribution < 1.29 is 13.9 Å². The van der Waals surface area contributed by atoms with Crippen LogP contribution >= 0.6 is 0 Å². The molecule has 1 aliphatic rings. The first-order chi connectivity index (χ1) is 13.2. The van der Waals surface area contributed by atoms with Crippen LogP contribution in [0.4, 0.5) is 15.9 Å². The largest absolute Gasteiger partial charge is 0.454 e.